The van der Waals surface area contributed by atoms with Crippen molar-refractivity contribution in [1.29, 1.82) is 0 Å². The van der Waals surface area contributed by atoms with Crippen LogP contribution in [0.15, 0.2) is 18.2 Å². The third kappa shape index (κ3) is 2.58. The Labute approximate surface area is 101 Å². The Balaban J connectivity index is 0.00000128. The van der Waals surface area contributed by atoms with Gasteiger partial charge in [-0.15, -0.1) is 12.4 Å². The van der Waals surface area contributed by atoms with Gasteiger partial charge in [-0.05, 0) is 12.5 Å². The van der Waals surface area contributed by atoms with Crippen molar-refractivity contribution >= 4 is 12.4 Å². The molecule has 0 aromatic heterocycles. The van der Waals surface area contributed by atoms with Gasteiger partial charge in [-0.3, -0.25) is 0 Å². The minimum absolute atomic E-state index is 0. The number of ether oxygens (including phenoxy) is 2. The molecule has 4 nitrogen and oxygen atoms in total. The molecule has 0 saturated heterocycles. The maximum absolute atomic E-state index is 8.85. The van der Waals surface area contributed by atoms with Crippen molar-refractivity contribution in [3.05, 3.63) is 23.8 Å². The SMILES string of the molecule is Cl.N[C@H](CCO)c1cccc2c1OCCO2. The van der Waals surface area contributed by atoms with Crippen LogP contribution in [0.1, 0.15) is 18.0 Å². The Morgan fingerprint density at radius 2 is 2.06 bits per heavy atom. The highest BCUT2D eigenvalue weighted by Gasteiger charge is 2.19. The molecule has 0 unspecified atom stereocenters. The summed E-state index contributed by atoms with van der Waals surface area (Å²) in [6.07, 6.45) is 0.528. The van der Waals surface area contributed by atoms with E-state index in [1.807, 2.05) is 18.2 Å². The van der Waals surface area contributed by atoms with E-state index in [2.05, 4.69) is 0 Å². The van der Waals surface area contributed by atoms with Crippen LogP contribution in [0.3, 0.4) is 0 Å². The van der Waals surface area contributed by atoms with Crippen molar-refractivity contribution in [2.24, 2.45) is 5.73 Å². The average molecular weight is 246 g/mol. The van der Waals surface area contributed by atoms with Crippen molar-refractivity contribution in [1.82, 2.24) is 0 Å². The molecule has 90 valence electrons. The van der Waals surface area contributed by atoms with E-state index in [1.54, 1.807) is 0 Å². The van der Waals surface area contributed by atoms with E-state index >= 15 is 0 Å². The molecule has 0 amide bonds. The van der Waals surface area contributed by atoms with Gasteiger partial charge in [-0.1, -0.05) is 12.1 Å². The number of benzene rings is 1. The summed E-state index contributed by atoms with van der Waals surface area (Å²) in [6.45, 7) is 1.20. The highest BCUT2D eigenvalue weighted by atomic mass is 35.5. The molecule has 1 heterocycles. The van der Waals surface area contributed by atoms with Gasteiger partial charge in [0.25, 0.3) is 0 Å². The van der Waals surface area contributed by atoms with Gasteiger partial charge in [0.05, 0.1) is 0 Å². The van der Waals surface area contributed by atoms with E-state index in [9.17, 15) is 0 Å². The van der Waals surface area contributed by atoms with Gasteiger partial charge in [0.1, 0.15) is 13.2 Å². The lowest BCUT2D eigenvalue weighted by Gasteiger charge is -2.23. The number of nitrogens with two attached hydrogens (primary N) is 1. The van der Waals surface area contributed by atoms with Crippen molar-refractivity contribution in [3.63, 3.8) is 0 Å². The van der Waals surface area contributed by atoms with Crippen LogP contribution in [0.5, 0.6) is 11.5 Å². The summed E-state index contributed by atoms with van der Waals surface area (Å²) in [7, 11) is 0. The first kappa shape index (κ1) is 13.1. The maximum atomic E-state index is 8.85. The topological polar surface area (TPSA) is 64.7 Å². The molecule has 1 aliphatic heterocycles. The molecule has 1 atom stereocenters. The normalized spacial score (nSPS) is 15.1. The number of hydrogen-bond donors (Lipinski definition) is 2. The standard InChI is InChI=1S/C11H15NO3.ClH/c12-9(4-5-13)8-2-1-3-10-11(8)15-7-6-14-10;/h1-3,9,13H,4-7,12H2;1H/t9-;/m1./s1. The molecule has 0 fully saturated rings. The smallest absolute Gasteiger partial charge is 0.166 e. The molecule has 1 aromatic rings. The zero-order valence-electron chi connectivity index (χ0n) is 8.89. The molecule has 16 heavy (non-hydrogen) atoms. The largest absolute Gasteiger partial charge is 0.486 e. The van der Waals surface area contributed by atoms with Crippen molar-refractivity contribution < 1.29 is 14.6 Å². The Morgan fingerprint density at radius 3 is 2.81 bits per heavy atom. The highest BCUT2D eigenvalue weighted by Crippen LogP contribution is 2.36. The lowest BCUT2D eigenvalue weighted by molar-refractivity contribution is 0.168. The van der Waals surface area contributed by atoms with E-state index in [1.165, 1.54) is 0 Å². The first-order valence-electron chi connectivity index (χ1n) is 5.08. The second kappa shape index (κ2) is 5.94. The lowest BCUT2D eigenvalue weighted by atomic mass is 10.0. The van der Waals surface area contributed by atoms with Gasteiger partial charge in [-0.2, -0.15) is 0 Å². The monoisotopic (exact) mass is 245 g/mol. The molecule has 0 bridgehead atoms. The Morgan fingerprint density at radius 1 is 1.31 bits per heavy atom. The molecule has 2 rings (SSSR count). The first-order valence-corrected chi connectivity index (χ1v) is 5.08. The summed E-state index contributed by atoms with van der Waals surface area (Å²) < 4.78 is 11.0. The molecule has 3 N–H and O–H groups in total. The van der Waals surface area contributed by atoms with Crippen LogP contribution in [0.2, 0.25) is 0 Å². The minimum Gasteiger partial charge on any atom is -0.486 e. The number of hydrogen-bond acceptors (Lipinski definition) is 4. The number of aliphatic hydroxyl groups excluding tert-OH is 1. The van der Waals surface area contributed by atoms with Crippen LogP contribution >= 0.6 is 12.4 Å². The van der Waals surface area contributed by atoms with E-state index in [0.717, 1.165) is 17.1 Å². The van der Waals surface area contributed by atoms with Crippen LogP contribution in [0, 0.1) is 0 Å². The highest BCUT2D eigenvalue weighted by molar-refractivity contribution is 5.85. The molecule has 0 spiro atoms. The van der Waals surface area contributed by atoms with Crippen molar-refractivity contribution in [2.75, 3.05) is 19.8 Å². The summed E-state index contributed by atoms with van der Waals surface area (Å²) >= 11 is 0. The minimum atomic E-state index is -0.202. The maximum Gasteiger partial charge on any atom is 0.166 e. The Kier molecular flexibility index (Phi) is 4.86. The number of fused-ring (bicyclic) bond motifs is 1. The van der Waals surface area contributed by atoms with Crippen LogP contribution in [0.25, 0.3) is 0 Å². The van der Waals surface area contributed by atoms with Gasteiger partial charge in [0, 0.05) is 18.2 Å². The summed E-state index contributed by atoms with van der Waals surface area (Å²) in [5.41, 5.74) is 6.84. The average Bonchev–Trinajstić information content (AvgIpc) is 2.28. The Bertz CT molecular complexity index is 346. The van der Waals surface area contributed by atoms with Crippen LogP contribution in [0.4, 0.5) is 0 Å². The van der Waals surface area contributed by atoms with Crippen LogP contribution in [-0.4, -0.2) is 24.9 Å². The summed E-state index contributed by atoms with van der Waals surface area (Å²) in [6, 6.07) is 5.46. The summed E-state index contributed by atoms with van der Waals surface area (Å²) in [5, 5.41) is 8.85. The summed E-state index contributed by atoms with van der Waals surface area (Å²) in [5.74, 6) is 1.47. The third-order valence-electron chi connectivity index (χ3n) is 2.44. The van der Waals surface area contributed by atoms with Gasteiger partial charge < -0.3 is 20.3 Å². The number of rotatable bonds is 3. The second-order valence-electron chi connectivity index (χ2n) is 3.49. The third-order valence-corrected chi connectivity index (χ3v) is 2.44. The lowest BCUT2D eigenvalue weighted by Crippen LogP contribution is -2.20. The molecular formula is C11H16ClNO3. The molecule has 5 heteroatoms. The first-order chi connectivity index (χ1) is 7.33. The van der Waals surface area contributed by atoms with Crippen molar-refractivity contribution in [2.45, 2.75) is 12.5 Å². The fourth-order valence-corrected chi connectivity index (χ4v) is 1.68. The fourth-order valence-electron chi connectivity index (χ4n) is 1.68. The van der Waals surface area contributed by atoms with E-state index in [-0.39, 0.29) is 25.1 Å². The van der Waals surface area contributed by atoms with Gasteiger partial charge in [-0.25, -0.2) is 0 Å². The van der Waals surface area contributed by atoms with Crippen molar-refractivity contribution in [3.8, 4) is 11.5 Å². The molecule has 1 aromatic carbocycles. The van der Waals surface area contributed by atoms with E-state index < -0.39 is 0 Å². The zero-order chi connectivity index (χ0) is 10.7. The van der Waals surface area contributed by atoms with Crippen LogP contribution < -0.4 is 15.2 Å². The molecule has 0 saturated carbocycles. The zero-order valence-corrected chi connectivity index (χ0v) is 9.70. The van der Waals surface area contributed by atoms with Crippen LogP contribution in [-0.2, 0) is 0 Å². The number of para-hydroxylation sites is 1. The summed E-state index contributed by atoms with van der Waals surface area (Å²) in [4.78, 5) is 0. The Hall–Kier alpha value is -0.970. The van der Waals surface area contributed by atoms with E-state index in [0.29, 0.717) is 19.6 Å². The van der Waals surface area contributed by atoms with Gasteiger partial charge in [0.2, 0.25) is 0 Å². The van der Waals surface area contributed by atoms with Gasteiger partial charge in [0.15, 0.2) is 11.5 Å². The van der Waals surface area contributed by atoms with E-state index in [4.69, 9.17) is 20.3 Å². The quantitative estimate of drug-likeness (QED) is 0.842. The molecule has 1 aliphatic rings. The predicted molar refractivity (Wildman–Crippen MR) is 63.3 cm³/mol. The molecule has 0 aliphatic carbocycles. The molecular weight excluding hydrogens is 230 g/mol. The predicted octanol–water partition coefficient (Wildman–Crippen LogP) is 1.26. The second-order valence-corrected chi connectivity index (χ2v) is 3.49. The van der Waals surface area contributed by atoms with Gasteiger partial charge >= 0.3 is 0 Å². The number of halogens is 1. The fraction of sp³-hybridized carbons (Fsp3) is 0.455. The number of aliphatic hydroxyl groups is 1. The molecule has 0 radical (unpaired) electrons.